The Kier molecular flexibility index (Phi) is 7.67. The number of hydrogen-bond donors (Lipinski definition) is 3. The predicted octanol–water partition coefficient (Wildman–Crippen LogP) is 3.73. The summed E-state index contributed by atoms with van der Waals surface area (Å²) in [6.45, 7) is -1.51. The molecule has 8 nitrogen and oxygen atoms in total. The number of hydrogen-bond acceptors (Lipinski definition) is 6. The number of halogens is 4. The van der Waals surface area contributed by atoms with Crippen LogP contribution in [0.25, 0.3) is 5.52 Å². The number of fused-ring (bicyclic) bond motifs is 1. The molecule has 4 rings (SSSR count). The van der Waals surface area contributed by atoms with Gasteiger partial charge < -0.3 is 30.0 Å². The first-order valence-corrected chi connectivity index (χ1v) is 12.2. The molecule has 1 aliphatic heterocycles. The lowest BCUT2D eigenvalue weighted by atomic mass is 10.0. The molecule has 0 bridgehead atoms. The second-order valence-electron chi connectivity index (χ2n) is 9.12. The van der Waals surface area contributed by atoms with Crippen LogP contribution in [0.15, 0.2) is 36.5 Å². The molecular formula is C27H30F4N6O2. The van der Waals surface area contributed by atoms with E-state index in [2.05, 4.69) is 32.8 Å². The average Bonchev–Trinajstić information content (AvgIpc) is 3.25. The highest BCUT2D eigenvalue weighted by atomic mass is 19.4. The van der Waals surface area contributed by atoms with Crippen molar-refractivity contribution in [1.29, 1.82) is 0 Å². The van der Waals surface area contributed by atoms with Gasteiger partial charge in [-0.25, -0.2) is 9.37 Å². The zero-order valence-electron chi connectivity index (χ0n) is 23.6. The fraction of sp³-hybridized carbons (Fsp3) is 0.407. The van der Waals surface area contributed by atoms with Crippen molar-refractivity contribution in [2.45, 2.75) is 31.2 Å². The number of nitrogens with one attached hydrogen (secondary N) is 3. The van der Waals surface area contributed by atoms with E-state index in [-0.39, 0.29) is 35.1 Å². The molecule has 1 saturated heterocycles. The number of likely N-dealkylation sites (tertiary alicyclic amines) is 1. The Bertz CT molecular complexity index is 1480. The van der Waals surface area contributed by atoms with Gasteiger partial charge in [0.25, 0.3) is 5.91 Å². The quantitative estimate of drug-likeness (QED) is 0.309. The minimum absolute atomic E-state index is 0.0255. The molecule has 1 amide bonds. The highest BCUT2D eigenvalue weighted by molar-refractivity contribution is 5.92. The van der Waals surface area contributed by atoms with Gasteiger partial charge in [-0.2, -0.15) is 13.2 Å². The van der Waals surface area contributed by atoms with E-state index in [1.807, 2.05) is 11.9 Å². The van der Waals surface area contributed by atoms with Gasteiger partial charge >= 0.3 is 6.18 Å². The zero-order chi connectivity index (χ0) is 29.9. The third-order valence-corrected chi connectivity index (χ3v) is 6.34. The Morgan fingerprint density at radius 1 is 1.31 bits per heavy atom. The van der Waals surface area contributed by atoms with Crippen LogP contribution in [0.4, 0.5) is 28.9 Å². The normalized spacial score (nSPS) is 18.9. The van der Waals surface area contributed by atoms with Crippen LogP contribution in [-0.2, 0) is 6.42 Å². The van der Waals surface area contributed by atoms with Crippen LogP contribution in [0.2, 0.25) is 0 Å². The number of aromatic nitrogens is 2. The van der Waals surface area contributed by atoms with Crippen LogP contribution in [0.5, 0.6) is 5.88 Å². The van der Waals surface area contributed by atoms with Gasteiger partial charge in [-0.3, -0.25) is 4.79 Å². The van der Waals surface area contributed by atoms with Crippen LogP contribution < -0.4 is 20.7 Å². The maximum atomic E-state index is 14.7. The maximum Gasteiger partial charge on any atom is 0.394 e. The number of nitrogens with zero attached hydrogens (tertiary/aromatic N) is 3. The summed E-state index contributed by atoms with van der Waals surface area (Å²) in [6, 6.07) is 6.90. The lowest BCUT2D eigenvalue weighted by Crippen LogP contribution is -2.46. The molecule has 1 aliphatic rings. The van der Waals surface area contributed by atoms with Gasteiger partial charge in [-0.05, 0) is 43.8 Å². The van der Waals surface area contributed by atoms with Crippen molar-refractivity contribution in [3.63, 3.8) is 0 Å². The summed E-state index contributed by atoms with van der Waals surface area (Å²) in [7, 11) is 4.55. The van der Waals surface area contributed by atoms with E-state index in [0.717, 1.165) is 0 Å². The standard InChI is InChI=1S/C27H30F4N6O2/c1-32-25(38)21-8-9-22(26(35-21)39-3)33-11-4-6-17-14-23-20(34-19-10-13-36(2)16-18(19)28)7-5-12-37(23)24(17)15-27(29,30)31/h5,7-9,12,14,18-19,33-34H,10-11,13,15-16H2,1-3H3,(H,32,38)/t18-,19+/m0/s1/i11D2. The number of anilines is 2. The molecule has 0 radical (unpaired) electrons. The molecule has 0 aliphatic carbocycles. The molecule has 3 aromatic heterocycles. The number of alkyl halides is 4. The highest BCUT2D eigenvalue weighted by Gasteiger charge is 2.32. The van der Waals surface area contributed by atoms with Crippen LogP contribution in [-0.4, -0.2) is 79.4 Å². The van der Waals surface area contributed by atoms with Crippen LogP contribution >= 0.6 is 0 Å². The predicted molar refractivity (Wildman–Crippen MR) is 141 cm³/mol. The summed E-state index contributed by atoms with van der Waals surface area (Å²) in [4.78, 5) is 17.8. The van der Waals surface area contributed by atoms with E-state index in [4.69, 9.17) is 7.48 Å². The number of carbonyl (C=O) groups is 1. The highest BCUT2D eigenvalue weighted by Crippen LogP contribution is 2.30. The maximum absolute atomic E-state index is 14.7. The molecule has 12 heteroatoms. The number of ether oxygens (including phenoxy) is 1. The average molecular weight is 549 g/mol. The van der Waals surface area contributed by atoms with E-state index in [1.54, 1.807) is 12.1 Å². The molecule has 0 aromatic carbocycles. The van der Waals surface area contributed by atoms with Crippen molar-refractivity contribution in [3.8, 4) is 17.7 Å². The Hall–Kier alpha value is -3.98. The SMILES string of the molecule is [2H]C([2H])(C#Cc1cc2c(N[C@@H]3CCN(C)C[C@@H]3F)cccn2c1CC(F)(F)F)Nc1ccc(C(=O)NC)nc1OC. The molecule has 0 unspecified atom stereocenters. The van der Waals surface area contributed by atoms with Gasteiger partial charge in [0, 0.05) is 37.6 Å². The first-order chi connectivity index (χ1) is 19.3. The number of carbonyl (C=O) groups excluding carboxylic acids is 1. The molecule has 1 fully saturated rings. The lowest BCUT2D eigenvalue weighted by molar-refractivity contribution is -0.128. The summed E-state index contributed by atoms with van der Waals surface area (Å²) < 4.78 is 78.6. The van der Waals surface area contributed by atoms with E-state index in [0.29, 0.717) is 24.2 Å². The van der Waals surface area contributed by atoms with Crippen molar-refractivity contribution in [2.75, 3.05) is 51.4 Å². The smallest absolute Gasteiger partial charge is 0.394 e. The largest absolute Gasteiger partial charge is 0.480 e. The molecule has 39 heavy (non-hydrogen) atoms. The number of methoxy groups -OCH3 is 1. The number of rotatable bonds is 7. The first-order valence-electron chi connectivity index (χ1n) is 13.2. The molecule has 0 spiro atoms. The Labute approximate surface area is 226 Å². The van der Waals surface area contributed by atoms with E-state index >= 15 is 0 Å². The van der Waals surface area contributed by atoms with Crippen molar-refractivity contribution in [1.82, 2.24) is 19.6 Å². The second kappa shape index (κ2) is 11.8. The monoisotopic (exact) mass is 548 g/mol. The molecule has 4 heterocycles. The van der Waals surface area contributed by atoms with Gasteiger partial charge in [-0.1, -0.05) is 11.8 Å². The fourth-order valence-electron chi connectivity index (χ4n) is 4.42. The van der Waals surface area contributed by atoms with E-state index in [9.17, 15) is 22.4 Å². The van der Waals surface area contributed by atoms with Gasteiger partial charge in [0.2, 0.25) is 5.88 Å². The summed E-state index contributed by atoms with van der Waals surface area (Å²) in [6.07, 6.45) is -5.03. The third kappa shape index (κ3) is 6.72. The van der Waals surface area contributed by atoms with Crippen molar-refractivity contribution < 1.29 is 29.8 Å². The van der Waals surface area contributed by atoms with Crippen molar-refractivity contribution in [3.05, 3.63) is 53.5 Å². The van der Waals surface area contributed by atoms with Crippen molar-refractivity contribution >= 4 is 22.8 Å². The first kappa shape index (κ1) is 25.3. The summed E-state index contributed by atoms with van der Waals surface area (Å²) in [5, 5.41) is 8.09. The minimum atomic E-state index is -4.56. The Balaban J connectivity index is 1.68. The number of pyridine rings is 2. The van der Waals surface area contributed by atoms with Gasteiger partial charge in [0.1, 0.15) is 11.9 Å². The van der Waals surface area contributed by atoms with E-state index < -0.39 is 37.2 Å². The zero-order valence-corrected chi connectivity index (χ0v) is 21.6. The van der Waals surface area contributed by atoms with Gasteiger partial charge in [0.05, 0.1) is 45.7 Å². The molecule has 2 atom stereocenters. The summed E-state index contributed by atoms with van der Waals surface area (Å²) >= 11 is 0. The van der Waals surface area contributed by atoms with Crippen LogP contribution in [0, 0.1) is 11.8 Å². The molecule has 3 aromatic rings. The minimum Gasteiger partial charge on any atom is -0.480 e. The Morgan fingerprint density at radius 3 is 2.79 bits per heavy atom. The van der Waals surface area contributed by atoms with E-state index in [1.165, 1.54) is 43.0 Å². The van der Waals surface area contributed by atoms with Crippen molar-refractivity contribution in [2.24, 2.45) is 0 Å². The second-order valence-corrected chi connectivity index (χ2v) is 9.12. The molecule has 208 valence electrons. The summed E-state index contributed by atoms with van der Waals surface area (Å²) in [5.41, 5.74) is 0.752. The van der Waals surface area contributed by atoms with Gasteiger partial charge in [-0.15, -0.1) is 0 Å². The van der Waals surface area contributed by atoms with Crippen LogP contribution in [0.3, 0.4) is 0 Å². The number of piperidine rings is 1. The lowest BCUT2D eigenvalue weighted by Gasteiger charge is -2.33. The van der Waals surface area contributed by atoms with Crippen LogP contribution in [0.1, 0.15) is 30.9 Å². The number of amides is 1. The summed E-state index contributed by atoms with van der Waals surface area (Å²) in [5.74, 6) is 4.39. The fourth-order valence-corrected chi connectivity index (χ4v) is 4.42. The molecule has 0 saturated carbocycles. The molecular weight excluding hydrogens is 516 g/mol. The molecule has 3 N–H and O–H groups in total. The topological polar surface area (TPSA) is 82.9 Å². The van der Waals surface area contributed by atoms with Gasteiger partial charge in [0.15, 0.2) is 0 Å². The third-order valence-electron chi connectivity index (χ3n) is 6.34. The Morgan fingerprint density at radius 2 is 2.10 bits per heavy atom.